The summed E-state index contributed by atoms with van der Waals surface area (Å²) in [5.74, 6) is -0.376. The highest BCUT2D eigenvalue weighted by molar-refractivity contribution is 9.10. The second kappa shape index (κ2) is 5.95. The molecule has 0 saturated heterocycles. The predicted octanol–water partition coefficient (Wildman–Crippen LogP) is 5.03. The Bertz CT molecular complexity index is 922. The van der Waals surface area contributed by atoms with Crippen molar-refractivity contribution >= 4 is 38.9 Å². The smallest absolute Gasteiger partial charge is 0.267 e. The molecule has 3 nitrogen and oxygen atoms in total. The van der Waals surface area contributed by atoms with Crippen LogP contribution in [0.1, 0.15) is 5.69 Å². The molecule has 0 amide bonds. The number of nitrogens with zero attached hydrogens (tertiary/aromatic N) is 1. The van der Waals surface area contributed by atoms with Gasteiger partial charge >= 0.3 is 0 Å². The minimum absolute atomic E-state index is 0.336. The molecule has 2 aromatic heterocycles. The van der Waals surface area contributed by atoms with Gasteiger partial charge in [-0.3, -0.25) is 4.79 Å². The fraction of sp³-hybridized carbons (Fsp3) is 0.0667. The molecule has 0 spiro atoms. The minimum Gasteiger partial charge on any atom is -0.267 e. The average Bonchev–Trinajstić information content (AvgIpc) is 2.88. The Balaban J connectivity index is 2.36. The molecule has 3 aromatic rings. The summed E-state index contributed by atoms with van der Waals surface area (Å²) in [4.78, 5) is 13.2. The van der Waals surface area contributed by atoms with Gasteiger partial charge < -0.3 is 0 Å². The van der Waals surface area contributed by atoms with Crippen molar-refractivity contribution < 1.29 is 4.39 Å². The van der Waals surface area contributed by atoms with E-state index in [1.165, 1.54) is 23.5 Å². The van der Waals surface area contributed by atoms with Gasteiger partial charge in [-0.1, -0.05) is 33.6 Å². The molecule has 0 aliphatic heterocycles. The monoisotopic (exact) mass is 398 g/mol. The van der Waals surface area contributed by atoms with Crippen LogP contribution in [0.15, 0.2) is 39.6 Å². The van der Waals surface area contributed by atoms with Gasteiger partial charge in [-0.2, -0.15) is 5.10 Å². The molecular weight excluding hydrogens is 391 g/mol. The summed E-state index contributed by atoms with van der Waals surface area (Å²) in [7, 11) is 0. The maximum absolute atomic E-state index is 13.3. The number of aryl methyl sites for hydroxylation is 1. The number of nitrogens with one attached hydrogen (secondary N) is 1. The van der Waals surface area contributed by atoms with Crippen molar-refractivity contribution in [2.75, 3.05) is 0 Å². The molecule has 0 aliphatic rings. The molecule has 2 heterocycles. The summed E-state index contributed by atoms with van der Waals surface area (Å²) < 4.78 is 14.5. The van der Waals surface area contributed by atoms with Crippen molar-refractivity contribution in [2.45, 2.75) is 6.92 Å². The molecule has 7 heteroatoms. The van der Waals surface area contributed by atoms with Gasteiger partial charge in [0.25, 0.3) is 5.56 Å². The van der Waals surface area contributed by atoms with E-state index in [1.807, 2.05) is 6.07 Å². The Labute approximate surface area is 142 Å². The summed E-state index contributed by atoms with van der Waals surface area (Å²) in [6, 6.07) is 7.83. The standard InChI is InChI=1S/C15H9BrClFN2OS/c1-7-13(11-4-5-12(17)22-11)14(15(21)20-19-7)9-3-2-8(18)6-10(9)16/h2-6H,1H3,(H,20,21). The van der Waals surface area contributed by atoms with Crippen LogP contribution in [0.25, 0.3) is 21.6 Å². The first-order valence-corrected chi connectivity index (χ1v) is 8.26. The van der Waals surface area contributed by atoms with Gasteiger partial charge in [0, 0.05) is 20.5 Å². The predicted molar refractivity (Wildman–Crippen MR) is 91.0 cm³/mol. The Morgan fingerprint density at radius 2 is 2.05 bits per heavy atom. The number of aromatic amines is 1. The molecule has 3 rings (SSSR count). The lowest BCUT2D eigenvalue weighted by Crippen LogP contribution is -2.14. The fourth-order valence-electron chi connectivity index (χ4n) is 2.24. The number of hydrogen-bond acceptors (Lipinski definition) is 3. The van der Waals surface area contributed by atoms with Gasteiger partial charge in [-0.15, -0.1) is 11.3 Å². The Kier molecular flexibility index (Phi) is 4.16. The summed E-state index contributed by atoms with van der Waals surface area (Å²) in [6.45, 7) is 1.81. The zero-order chi connectivity index (χ0) is 15.9. The topological polar surface area (TPSA) is 45.8 Å². The van der Waals surface area contributed by atoms with Gasteiger partial charge in [0.05, 0.1) is 15.6 Å². The van der Waals surface area contributed by atoms with Crippen LogP contribution in [-0.4, -0.2) is 10.2 Å². The van der Waals surface area contributed by atoms with E-state index < -0.39 is 0 Å². The largest absolute Gasteiger partial charge is 0.272 e. The van der Waals surface area contributed by atoms with Crippen LogP contribution >= 0.6 is 38.9 Å². The molecule has 0 radical (unpaired) electrons. The number of rotatable bonds is 2. The molecule has 112 valence electrons. The molecule has 1 N–H and O–H groups in total. The molecule has 0 saturated carbocycles. The first-order valence-electron chi connectivity index (χ1n) is 6.28. The molecule has 0 aliphatic carbocycles. The first kappa shape index (κ1) is 15.4. The first-order chi connectivity index (χ1) is 10.5. The Morgan fingerprint density at radius 1 is 1.27 bits per heavy atom. The number of hydrogen-bond donors (Lipinski definition) is 1. The van der Waals surface area contributed by atoms with Crippen molar-refractivity contribution in [3.05, 3.63) is 61.0 Å². The minimum atomic E-state index is -0.376. The Hall–Kier alpha value is -1.50. The van der Waals surface area contributed by atoms with Crippen LogP contribution in [0.4, 0.5) is 4.39 Å². The van der Waals surface area contributed by atoms with Gasteiger partial charge in [0.2, 0.25) is 0 Å². The van der Waals surface area contributed by atoms with Crippen LogP contribution in [0.3, 0.4) is 0 Å². The maximum Gasteiger partial charge on any atom is 0.272 e. The average molecular weight is 400 g/mol. The fourth-order valence-corrected chi connectivity index (χ4v) is 3.94. The van der Waals surface area contributed by atoms with Crippen LogP contribution in [0.2, 0.25) is 4.34 Å². The third kappa shape index (κ3) is 2.74. The molecular formula is C15H9BrClFN2OS. The second-order valence-corrected chi connectivity index (χ2v) is 7.19. The quantitative estimate of drug-likeness (QED) is 0.657. The van der Waals surface area contributed by atoms with Crippen LogP contribution < -0.4 is 5.56 Å². The summed E-state index contributed by atoms with van der Waals surface area (Å²) in [6.07, 6.45) is 0. The molecule has 0 unspecified atom stereocenters. The van der Waals surface area contributed by atoms with E-state index in [-0.39, 0.29) is 11.4 Å². The number of thiophene rings is 1. The zero-order valence-corrected chi connectivity index (χ0v) is 14.4. The maximum atomic E-state index is 13.3. The Morgan fingerprint density at radius 3 is 2.68 bits per heavy atom. The van der Waals surface area contributed by atoms with Crippen LogP contribution in [0, 0.1) is 12.7 Å². The number of benzene rings is 1. The van der Waals surface area contributed by atoms with E-state index in [0.29, 0.717) is 31.2 Å². The van der Waals surface area contributed by atoms with E-state index in [2.05, 4.69) is 26.1 Å². The summed E-state index contributed by atoms with van der Waals surface area (Å²) >= 11 is 10.7. The van der Waals surface area contributed by atoms with Crippen molar-refractivity contribution in [3.63, 3.8) is 0 Å². The third-order valence-corrected chi connectivity index (χ3v) is 5.09. The van der Waals surface area contributed by atoms with E-state index in [9.17, 15) is 9.18 Å². The zero-order valence-electron chi connectivity index (χ0n) is 11.3. The molecule has 0 fully saturated rings. The highest BCUT2D eigenvalue weighted by Crippen LogP contribution is 2.39. The van der Waals surface area contributed by atoms with Crippen molar-refractivity contribution in [1.29, 1.82) is 0 Å². The second-order valence-electron chi connectivity index (χ2n) is 4.62. The van der Waals surface area contributed by atoms with Crippen molar-refractivity contribution in [3.8, 4) is 21.6 Å². The lowest BCUT2D eigenvalue weighted by Gasteiger charge is -2.11. The number of H-pyrrole nitrogens is 1. The third-order valence-electron chi connectivity index (χ3n) is 3.18. The van der Waals surface area contributed by atoms with E-state index in [4.69, 9.17) is 11.6 Å². The van der Waals surface area contributed by atoms with Gasteiger partial charge in [0.1, 0.15) is 5.82 Å². The molecule has 0 bridgehead atoms. The molecule has 22 heavy (non-hydrogen) atoms. The number of aromatic nitrogens is 2. The molecule has 0 atom stereocenters. The van der Waals surface area contributed by atoms with E-state index in [0.717, 1.165) is 4.88 Å². The normalized spacial score (nSPS) is 10.9. The van der Waals surface area contributed by atoms with E-state index >= 15 is 0 Å². The molecule has 1 aromatic carbocycles. The summed E-state index contributed by atoms with van der Waals surface area (Å²) in [5, 5.41) is 6.51. The van der Waals surface area contributed by atoms with Crippen molar-refractivity contribution in [2.24, 2.45) is 0 Å². The lowest BCUT2D eigenvalue weighted by atomic mass is 9.99. The lowest BCUT2D eigenvalue weighted by molar-refractivity contribution is 0.627. The highest BCUT2D eigenvalue weighted by atomic mass is 79.9. The van der Waals surface area contributed by atoms with Crippen LogP contribution in [0.5, 0.6) is 0 Å². The van der Waals surface area contributed by atoms with Gasteiger partial charge in [0.15, 0.2) is 0 Å². The highest BCUT2D eigenvalue weighted by Gasteiger charge is 2.19. The van der Waals surface area contributed by atoms with E-state index in [1.54, 1.807) is 19.1 Å². The van der Waals surface area contributed by atoms with Crippen molar-refractivity contribution in [1.82, 2.24) is 10.2 Å². The summed E-state index contributed by atoms with van der Waals surface area (Å²) in [5.41, 5.74) is 2.08. The van der Waals surface area contributed by atoms with Gasteiger partial charge in [-0.05, 0) is 31.2 Å². The number of halogens is 3. The van der Waals surface area contributed by atoms with Gasteiger partial charge in [-0.25, -0.2) is 9.49 Å². The van der Waals surface area contributed by atoms with Crippen LogP contribution in [-0.2, 0) is 0 Å². The SMILES string of the molecule is Cc1n[nH]c(=O)c(-c2ccc(F)cc2Br)c1-c1ccc(Cl)s1.